The standard InChI is InChI=1S/C15H16BrN3S2/c1-2-17-15-10-7-20-8-12(10)18-14(19-15)9-21-13-6-4-3-5-11(13)16/h3-6H,2,7-9H2,1H3,(H,17,18,19). The normalized spacial score (nSPS) is 13.2. The van der Waals surface area contributed by atoms with Gasteiger partial charge < -0.3 is 5.32 Å². The van der Waals surface area contributed by atoms with E-state index in [9.17, 15) is 0 Å². The summed E-state index contributed by atoms with van der Waals surface area (Å²) in [4.78, 5) is 10.7. The largest absolute Gasteiger partial charge is 0.370 e. The van der Waals surface area contributed by atoms with Crippen molar-refractivity contribution in [1.82, 2.24) is 9.97 Å². The van der Waals surface area contributed by atoms with Gasteiger partial charge in [0.2, 0.25) is 0 Å². The van der Waals surface area contributed by atoms with Crippen molar-refractivity contribution in [3.8, 4) is 0 Å². The van der Waals surface area contributed by atoms with Crippen molar-refractivity contribution in [3.05, 3.63) is 45.8 Å². The first-order valence-corrected chi connectivity index (χ1v) is 9.79. The van der Waals surface area contributed by atoms with Gasteiger partial charge in [-0.05, 0) is 35.0 Å². The summed E-state index contributed by atoms with van der Waals surface area (Å²) in [5, 5.41) is 3.37. The average Bonchev–Trinajstić information content (AvgIpc) is 2.95. The van der Waals surface area contributed by atoms with Crippen molar-refractivity contribution in [3.63, 3.8) is 0 Å². The fourth-order valence-electron chi connectivity index (χ4n) is 2.18. The van der Waals surface area contributed by atoms with Gasteiger partial charge in [0.15, 0.2) is 0 Å². The number of benzene rings is 1. The molecule has 2 heterocycles. The van der Waals surface area contributed by atoms with Crippen molar-refractivity contribution in [2.45, 2.75) is 29.1 Å². The summed E-state index contributed by atoms with van der Waals surface area (Å²) in [5.74, 6) is 4.75. The summed E-state index contributed by atoms with van der Waals surface area (Å²) >= 11 is 7.26. The molecule has 0 fully saturated rings. The van der Waals surface area contributed by atoms with Crippen LogP contribution in [0.2, 0.25) is 0 Å². The highest BCUT2D eigenvalue weighted by Gasteiger charge is 2.19. The monoisotopic (exact) mass is 381 g/mol. The maximum atomic E-state index is 4.73. The van der Waals surface area contributed by atoms with Crippen LogP contribution in [0.25, 0.3) is 0 Å². The molecule has 1 aromatic heterocycles. The number of thioether (sulfide) groups is 2. The maximum absolute atomic E-state index is 4.73. The van der Waals surface area contributed by atoms with Gasteiger partial charge in [0.05, 0.1) is 11.4 Å². The van der Waals surface area contributed by atoms with Crippen molar-refractivity contribution in [1.29, 1.82) is 0 Å². The molecule has 0 saturated heterocycles. The Balaban J connectivity index is 1.80. The minimum Gasteiger partial charge on any atom is -0.370 e. The van der Waals surface area contributed by atoms with E-state index in [0.29, 0.717) is 0 Å². The molecule has 0 radical (unpaired) electrons. The van der Waals surface area contributed by atoms with E-state index in [0.717, 1.165) is 39.9 Å². The molecular weight excluding hydrogens is 366 g/mol. The number of nitrogens with one attached hydrogen (secondary N) is 1. The number of hydrogen-bond donors (Lipinski definition) is 1. The fraction of sp³-hybridized carbons (Fsp3) is 0.333. The van der Waals surface area contributed by atoms with Gasteiger partial charge in [-0.2, -0.15) is 11.8 Å². The van der Waals surface area contributed by atoms with Crippen LogP contribution in [-0.4, -0.2) is 16.5 Å². The van der Waals surface area contributed by atoms with Gasteiger partial charge in [0.1, 0.15) is 11.6 Å². The van der Waals surface area contributed by atoms with Crippen LogP contribution >= 0.6 is 39.5 Å². The quantitative estimate of drug-likeness (QED) is 0.758. The van der Waals surface area contributed by atoms with Crippen LogP contribution in [0, 0.1) is 0 Å². The van der Waals surface area contributed by atoms with Crippen LogP contribution in [0.3, 0.4) is 0 Å². The van der Waals surface area contributed by atoms with E-state index in [4.69, 9.17) is 9.97 Å². The lowest BCUT2D eigenvalue weighted by Gasteiger charge is -2.10. The molecule has 0 bridgehead atoms. The van der Waals surface area contributed by atoms with Crippen molar-refractivity contribution >= 4 is 45.3 Å². The molecule has 1 aliphatic heterocycles. The first-order valence-electron chi connectivity index (χ1n) is 6.85. The second kappa shape index (κ2) is 7.03. The highest BCUT2D eigenvalue weighted by molar-refractivity contribution is 9.10. The summed E-state index contributed by atoms with van der Waals surface area (Å²) in [6.07, 6.45) is 0. The van der Waals surface area contributed by atoms with Crippen LogP contribution in [-0.2, 0) is 17.3 Å². The van der Waals surface area contributed by atoms with Crippen molar-refractivity contribution < 1.29 is 0 Å². The number of anilines is 1. The zero-order valence-electron chi connectivity index (χ0n) is 11.7. The van der Waals surface area contributed by atoms with Gasteiger partial charge in [0, 0.05) is 33.0 Å². The minimum atomic E-state index is 0.791. The zero-order valence-corrected chi connectivity index (χ0v) is 14.9. The van der Waals surface area contributed by atoms with Crippen LogP contribution in [0.5, 0.6) is 0 Å². The molecule has 110 valence electrons. The Labute approximate surface area is 141 Å². The van der Waals surface area contributed by atoms with E-state index in [-0.39, 0.29) is 0 Å². The Morgan fingerprint density at radius 2 is 2.14 bits per heavy atom. The third-order valence-electron chi connectivity index (χ3n) is 3.16. The third kappa shape index (κ3) is 3.55. The number of aromatic nitrogens is 2. The first kappa shape index (κ1) is 15.2. The second-order valence-corrected chi connectivity index (χ2v) is 7.51. The summed E-state index contributed by atoms with van der Waals surface area (Å²) in [7, 11) is 0. The summed E-state index contributed by atoms with van der Waals surface area (Å²) in [6.45, 7) is 3.00. The summed E-state index contributed by atoms with van der Waals surface area (Å²) < 4.78 is 1.12. The van der Waals surface area contributed by atoms with Crippen molar-refractivity contribution in [2.75, 3.05) is 11.9 Å². The summed E-state index contributed by atoms with van der Waals surface area (Å²) in [5.41, 5.74) is 2.49. The lowest BCUT2D eigenvalue weighted by molar-refractivity contribution is 0.965. The highest BCUT2D eigenvalue weighted by atomic mass is 79.9. The molecule has 2 aromatic rings. The molecule has 3 rings (SSSR count). The fourth-order valence-corrected chi connectivity index (χ4v) is 4.65. The number of hydrogen-bond acceptors (Lipinski definition) is 5. The number of nitrogens with zero attached hydrogens (tertiary/aromatic N) is 2. The Hall–Kier alpha value is -0.720. The molecule has 6 heteroatoms. The smallest absolute Gasteiger partial charge is 0.141 e. The number of fused-ring (bicyclic) bond motifs is 1. The SMILES string of the molecule is CCNc1nc(CSc2ccccc2Br)nc2c1CSC2. The van der Waals surface area contributed by atoms with E-state index in [1.165, 1.54) is 16.2 Å². The Morgan fingerprint density at radius 3 is 2.95 bits per heavy atom. The van der Waals surface area contributed by atoms with Gasteiger partial charge in [-0.3, -0.25) is 0 Å². The first-order chi connectivity index (χ1) is 10.3. The molecule has 0 amide bonds. The average molecular weight is 382 g/mol. The molecule has 1 aliphatic rings. The van der Waals surface area contributed by atoms with Gasteiger partial charge in [0.25, 0.3) is 0 Å². The van der Waals surface area contributed by atoms with Gasteiger partial charge in [-0.15, -0.1) is 11.8 Å². The molecule has 1 N–H and O–H groups in total. The molecule has 0 unspecified atom stereocenters. The molecule has 3 nitrogen and oxygen atoms in total. The topological polar surface area (TPSA) is 37.8 Å². The van der Waals surface area contributed by atoms with E-state index in [2.05, 4.69) is 46.4 Å². The van der Waals surface area contributed by atoms with E-state index in [1.54, 1.807) is 11.8 Å². The van der Waals surface area contributed by atoms with E-state index in [1.807, 2.05) is 17.8 Å². The zero-order chi connectivity index (χ0) is 14.7. The van der Waals surface area contributed by atoms with E-state index >= 15 is 0 Å². The Morgan fingerprint density at radius 1 is 1.29 bits per heavy atom. The number of halogens is 1. The highest BCUT2D eigenvalue weighted by Crippen LogP contribution is 2.34. The van der Waals surface area contributed by atoms with Crippen LogP contribution in [0.4, 0.5) is 5.82 Å². The lowest BCUT2D eigenvalue weighted by Crippen LogP contribution is -2.08. The Kier molecular flexibility index (Phi) is 5.08. The van der Waals surface area contributed by atoms with Crippen LogP contribution in [0.1, 0.15) is 24.0 Å². The Bertz CT molecular complexity index is 649. The van der Waals surface area contributed by atoms with Gasteiger partial charge >= 0.3 is 0 Å². The maximum Gasteiger partial charge on any atom is 0.141 e. The molecular formula is C15H16BrN3S2. The molecule has 0 aliphatic carbocycles. The molecule has 21 heavy (non-hydrogen) atoms. The van der Waals surface area contributed by atoms with Crippen LogP contribution < -0.4 is 5.32 Å². The summed E-state index contributed by atoms with van der Waals surface area (Å²) in [6, 6.07) is 8.26. The molecule has 1 aromatic carbocycles. The molecule has 0 atom stereocenters. The molecule has 0 saturated carbocycles. The second-order valence-electron chi connectivity index (χ2n) is 4.66. The number of rotatable bonds is 5. The minimum absolute atomic E-state index is 0.791. The third-order valence-corrected chi connectivity index (χ3v) is 6.16. The predicted molar refractivity (Wildman–Crippen MR) is 94.9 cm³/mol. The van der Waals surface area contributed by atoms with Crippen LogP contribution in [0.15, 0.2) is 33.6 Å². The van der Waals surface area contributed by atoms with Crippen molar-refractivity contribution in [2.24, 2.45) is 0 Å². The van der Waals surface area contributed by atoms with Gasteiger partial charge in [-0.1, -0.05) is 12.1 Å². The predicted octanol–water partition coefficient (Wildman–Crippen LogP) is 4.71. The van der Waals surface area contributed by atoms with E-state index < -0.39 is 0 Å². The van der Waals surface area contributed by atoms with Gasteiger partial charge in [-0.25, -0.2) is 9.97 Å². The lowest BCUT2D eigenvalue weighted by atomic mass is 10.2. The molecule has 0 spiro atoms.